The van der Waals surface area contributed by atoms with Crippen LogP contribution >= 0.6 is 0 Å². The van der Waals surface area contributed by atoms with Gasteiger partial charge < -0.3 is 14.2 Å². The van der Waals surface area contributed by atoms with Gasteiger partial charge in [0.2, 0.25) is 5.91 Å². The lowest BCUT2D eigenvalue weighted by molar-refractivity contribution is -0.135. The topological polar surface area (TPSA) is 63.5 Å². The Kier molecular flexibility index (Phi) is 5.84. The molecule has 1 atom stereocenters. The van der Waals surface area contributed by atoms with Crippen LogP contribution in [0, 0.1) is 5.92 Å². The monoisotopic (exact) mass is 335 g/mol. The molecule has 0 aromatic carbocycles. The highest BCUT2D eigenvalue weighted by Crippen LogP contribution is 2.31. The van der Waals surface area contributed by atoms with Gasteiger partial charge in [0.15, 0.2) is 0 Å². The zero-order valence-electron chi connectivity index (χ0n) is 14.9. The van der Waals surface area contributed by atoms with Crippen LogP contribution in [0.3, 0.4) is 0 Å². The van der Waals surface area contributed by atoms with Crippen LogP contribution in [-0.2, 0) is 16.1 Å². The maximum Gasteiger partial charge on any atom is 0.224 e. The highest BCUT2D eigenvalue weighted by Gasteiger charge is 2.30. The van der Waals surface area contributed by atoms with E-state index < -0.39 is 0 Å². The fourth-order valence-corrected chi connectivity index (χ4v) is 3.65. The van der Waals surface area contributed by atoms with Gasteiger partial charge in [-0.1, -0.05) is 13.8 Å². The van der Waals surface area contributed by atoms with Crippen molar-refractivity contribution in [1.82, 2.24) is 24.6 Å². The summed E-state index contributed by atoms with van der Waals surface area (Å²) < 4.78 is 7.49. The number of rotatable bonds is 6. The lowest BCUT2D eigenvalue weighted by atomic mass is 10.1. The first-order valence-corrected chi connectivity index (χ1v) is 9.12. The normalized spacial score (nSPS) is 22.5. The molecule has 2 aliphatic heterocycles. The van der Waals surface area contributed by atoms with Gasteiger partial charge >= 0.3 is 0 Å². The summed E-state index contributed by atoms with van der Waals surface area (Å²) in [6.07, 6.45) is 4.67. The van der Waals surface area contributed by atoms with Gasteiger partial charge in [0.25, 0.3) is 0 Å². The predicted octanol–water partition coefficient (Wildman–Crippen LogP) is 1.32. The molecule has 1 aromatic heterocycles. The van der Waals surface area contributed by atoms with E-state index in [2.05, 4.69) is 33.5 Å². The molecule has 7 nitrogen and oxygen atoms in total. The van der Waals surface area contributed by atoms with Crippen LogP contribution in [0.25, 0.3) is 0 Å². The molecule has 0 aliphatic carbocycles. The Hall–Kier alpha value is -1.47. The summed E-state index contributed by atoms with van der Waals surface area (Å²) in [6, 6.07) is 0.295. The quantitative estimate of drug-likeness (QED) is 0.784. The summed E-state index contributed by atoms with van der Waals surface area (Å²) in [6.45, 7) is 9.97. The molecule has 0 radical (unpaired) electrons. The van der Waals surface area contributed by atoms with E-state index in [9.17, 15) is 4.79 Å². The molecule has 1 amide bonds. The van der Waals surface area contributed by atoms with Gasteiger partial charge in [-0.15, -0.1) is 10.2 Å². The number of likely N-dealkylation sites (tertiary alicyclic amines) is 1. The summed E-state index contributed by atoms with van der Waals surface area (Å²) in [7, 11) is 0. The number of nitrogens with zero attached hydrogens (tertiary/aromatic N) is 5. The van der Waals surface area contributed by atoms with Crippen LogP contribution in [0.1, 0.15) is 45.0 Å². The Bertz CT molecular complexity index is 539. The van der Waals surface area contributed by atoms with Crippen molar-refractivity contribution in [2.45, 2.75) is 45.7 Å². The fraction of sp³-hybridized carbons (Fsp3) is 0.824. The number of amides is 1. The second-order valence-electron chi connectivity index (χ2n) is 7.17. The number of ether oxygens (including phenoxy) is 1. The molecular weight excluding hydrogens is 306 g/mol. The molecule has 0 spiro atoms. The first-order valence-electron chi connectivity index (χ1n) is 9.12. The SMILES string of the molecule is CC(C)Cn1cnnc1C1CCCN1CCC(=O)N1CCOCC1. The molecular formula is C17H29N5O2. The van der Waals surface area contributed by atoms with Crippen LogP contribution in [0.5, 0.6) is 0 Å². The van der Waals surface area contributed by atoms with Crippen molar-refractivity contribution in [3.8, 4) is 0 Å². The molecule has 2 aliphatic rings. The minimum Gasteiger partial charge on any atom is -0.378 e. The van der Waals surface area contributed by atoms with Gasteiger partial charge in [0.1, 0.15) is 12.2 Å². The van der Waals surface area contributed by atoms with E-state index >= 15 is 0 Å². The van der Waals surface area contributed by atoms with E-state index in [4.69, 9.17) is 4.74 Å². The van der Waals surface area contributed by atoms with Crippen LogP contribution in [0.4, 0.5) is 0 Å². The molecule has 2 saturated heterocycles. The molecule has 0 N–H and O–H groups in total. The van der Waals surface area contributed by atoms with Gasteiger partial charge in [0.05, 0.1) is 19.3 Å². The summed E-state index contributed by atoms with van der Waals surface area (Å²) >= 11 is 0. The van der Waals surface area contributed by atoms with Crippen molar-refractivity contribution < 1.29 is 9.53 Å². The number of hydrogen-bond donors (Lipinski definition) is 0. The molecule has 3 heterocycles. The van der Waals surface area contributed by atoms with Crippen LogP contribution < -0.4 is 0 Å². The van der Waals surface area contributed by atoms with Crippen molar-refractivity contribution >= 4 is 5.91 Å². The summed E-state index contributed by atoms with van der Waals surface area (Å²) in [5.41, 5.74) is 0. The highest BCUT2D eigenvalue weighted by molar-refractivity contribution is 5.76. The van der Waals surface area contributed by atoms with E-state index in [0.717, 1.165) is 51.4 Å². The van der Waals surface area contributed by atoms with Crippen molar-refractivity contribution in [2.75, 3.05) is 39.4 Å². The Morgan fingerprint density at radius 3 is 2.88 bits per heavy atom. The van der Waals surface area contributed by atoms with Gasteiger partial charge in [0, 0.05) is 32.6 Å². The number of carbonyl (C=O) groups excluding carboxylic acids is 1. The van der Waals surface area contributed by atoms with Crippen LogP contribution in [0.15, 0.2) is 6.33 Å². The summed E-state index contributed by atoms with van der Waals surface area (Å²) in [5.74, 6) is 1.87. The number of aromatic nitrogens is 3. The van der Waals surface area contributed by atoms with Gasteiger partial charge in [-0.05, 0) is 25.3 Å². The first kappa shape index (κ1) is 17.4. The fourth-order valence-electron chi connectivity index (χ4n) is 3.65. The third-order valence-electron chi connectivity index (χ3n) is 4.85. The molecule has 24 heavy (non-hydrogen) atoms. The average Bonchev–Trinajstić information content (AvgIpc) is 3.21. The molecule has 0 bridgehead atoms. The molecule has 2 fully saturated rings. The van der Waals surface area contributed by atoms with E-state index in [1.165, 1.54) is 0 Å². The third-order valence-corrected chi connectivity index (χ3v) is 4.85. The van der Waals surface area contributed by atoms with E-state index in [1.54, 1.807) is 0 Å². The molecule has 0 saturated carbocycles. The second-order valence-corrected chi connectivity index (χ2v) is 7.17. The summed E-state index contributed by atoms with van der Waals surface area (Å²) in [4.78, 5) is 16.7. The smallest absolute Gasteiger partial charge is 0.224 e. The first-order chi connectivity index (χ1) is 11.6. The molecule has 1 aromatic rings. The van der Waals surface area contributed by atoms with Crippen LogP contribution in [0.2, 0.25) is 0 Å². The Morgan fingerprint density at radius 2 is 2.12 bits per heavy atom. The lowest BCUT2D eigenvalue weighted by Crippen LogP contribution is -2.42. The van der Waals surface area contributed by atoms with Crippen LogP contribution in [-0.4, -0.2) is 69.9 Å². The maximum atomic E-state index is 12.4. The third kappa shape index (κ3) is 4.13. The highest BCUT2D eigenvalue weighted by atomic mass is 16.5. The number of hydrogen-bond acceptors (Lipinski definition) is 5. The lowest BCUT2D eigenvalue weighted by Gasteiger charge is -2.29. The Labute approximate surface area is 144 Å². The van der Waals surface area contributed by atoms with Gasteiger partial charge in [-0.25, -0.2) is 0 Å². The Balaban J connectivity index is 1.57. The largest absolute Gasteiger partial charge is 0.378 e. The minimum absolute atomic E-state index is 0.243. The van der Waals surface area contributed by atoms with Crippen molar-refractivity contribution in [3.63, 3.8) is 0 Å². The van der Waals surface area contributed by atoms with E-state index in [-0.39, 0.29) is 5.91 Å². The number of morpholine rings is 1. The Morgan fingerprint density at radius 1 is 1.33 bits per heavy atom. The summed E-state index contributed by atoms with van der Waals surface area (Å²) in [5, 5.41) is 8.50. The van der Waals surface area contributed by atoms with Crippen molar-refractivity contribution in [2.24, 2.45) is 5.92 Å². The molecule has 1 unspecified atom stereocenters. The van der Waals surface area contributed by atoms with Gasteiger partial charge in [-0.2, -0.15) is 0 Å². The zero-order chi connectivity index (χ0) is 16.9. The molecule has 3 rings (SSSR count). The van der Waals surface area contributed by atoms with E-state index in [1.807, 2.05) is 11.2 Å². The van der Waals surface area contributed by atoms with Crippen molar-refractivity contribution in [3.05, 3.63) is 12.2 Å². The standard InChI is InChI=1S/C17H29N5O2/c1-14(2)12-22-13-18-19-17(22)15-4-3-6-20(15)7-5-16(23)21-8-10-24-11-9-21/h13-15H,3-12H2,1-2H3. The molecule has 134 valence electrons. The van der Waals surface area contributed by atoms with Crippen molar-refractivity contribution in [1.29, 1.82) is 0 Å². The second kappa shape index (κ2) is 8.07. The molecule has 7 heteroatoms. The minimum atomic E-state index is 0.243. The number of carbonyl (C=O) groups is 1. The maximum absolute atomic E-state index is 12.4. The van der Waals surface area contributed by atoms with E-state index in [0.29, 0.717) is 31.6 Å². The predicted molar refractivity (Wildman–Crippen MR) is 90.4 cm³/mol. The average molecular weight is 335 g/mol. The van der Waals surface area contributed by atoms with Gasteiger partial charge in [-0.3, -0.25) is 9.69 Å². The zero-order valence-corrected chi connectivity index (χ0v) is 14.9.